The van der Waals surface area contributed by atoms with Crippen molar-refractivity contribution in [1.29, 1.82) is 0 Å². The van der Waals surface area contributed by atoms with E-state index >= 15 is 0 Å². The highest BCUT2D eigenvalue weighted by atomic mass is 16.1. The summed E-state index contributed by atoms with van der Waals surface area (Å²) in [4.78, 5) is 11.7. The fourth-order valence-corrected chi connectivity index (χ4v) is 2.16. The number of nitrogens with zero attached hydrogens (tertiary/aromatic N) is 1. The van der Waals surface area contributed by atoms with E-state index in [4.69, 9.17) is 0 Å². The van der Waals surface area contributed by atoms with Gasteiger partial charge in [0.15, 0.2) is 0 Å². The van der Waals surface area contributed by atoms with Crippen LogP contribution in [-0.2, 0) is 0 Å². The Hall–Kier alpha value is -2.42. The topological polar surface area (TPSA) is 45.8 Å². The lowest BCUT2D eigenvalue weighted by atomic mass is 10.0. The van der Waals surface area contributed by atoms with Gasteiger partial charge in [-0.3, -0.25) is 4.79 Å². The van der Waals surface area contributed by atoms with Gasteiger partial charge in [0.05, 0.1) is 11.1 Å². The van der Waals surface area contributed by atoms with Crippen molar-refractivity contribution in [1.82, 2.24) is 10.2 Å². The van der Waals surface area contributed by atoms with E-state index in [0.717, 1.165) is 22.2 Å². The molecule has 0 fully saturated rings. The normalized spacial score (nSPS) is 10.7. The molecule has 0 amide bonds. The zero-order chi connectivity index (χ0) is 12.5. The molecule has 1 heterocycles. The van der Waals surface area contributed by atoms with Crippen molar-refractivity contribution in [2.24, 2.45) is 0 Å². The Morgan fingerprint density at radius 1 is 0.944 bits per heavy atom. The maximum Gasteiger partial charge on any atom is 0.272 e. The predicted octanol–water partition coefficient (Wildman–Crippen LogP) is 2.90. The zero-order valence-electron chi connectivity index (χ0n) is 9.97. The number of hydrogen-bond donors (Lipinski definition) is 1. The van der Waals surface area contributed by atoms with Crippen molar-refractivity contribution in [2.45, 2.75) is 6.92 Å². The third kappa shape index (κ3) is 1.61. The molecule has 0 radical (unpaired) electrons. The summed E-state index contributed by atoms with van der Waals surface area (Å²) in [6, 6.07) is 15.6. The van der Waals surface area contributed by atoms with E-state index in [1.54, 1.807) is 0 Å². The maximum atomic E-state index is 11.7. The lowest BCUT2D eigenvalue weighted by Crippen LogP contribution is -2.09. The Labute approximate surface area is 104 Å². The second-order valence-electron chi connectivity index (χ2n) is 4.26. The average Bonchev–Trinajstić information content (AvgIpc) is 2.41. The highest BCUT2D eigenvalue weighted by Crippen LogP contribution is 2.26. The molecule has 0 bridgehead atoms. The van der Waals surface area contributed by atoms with Crippen molar-refractivity contribution >= 4 is 10.8 Å². The van der Waals surface area contributed by atoms with Gasteiger partial charge in [-0.05, 0) is 18.6 Å². The van der Waals surface area contributed by atoms with Gasteiger partial charge in [-0.2, -0.15) is 5.10 Å². The van der Waals surface area contributed by atoms with E-state index in [1.807, 2.05) is 55.5 Å². The van der Waals surface area contributed by atoms with Crippen LogP contribution in [0.3, 0.4) is 0 Å². The molecule has 0 aliphatic heterocycles. The van der Waals surface area contributed by atoms with E-state index < -0.39 is 0 Å². The van der Waals surface area contributed by atoms with Gasteiger partial charge >= 0.3 is 0 Å². The molecule has 0 unspecified atom stereocenters. The van der Waals surface area contributed by atoms with E-state index in [2.05, 4.69) is 10.2 Å². The molecule has 18 heavy (non-hydrogen) atoms. The van der Waals surface area contributed by atoms with Gasteiger partial charge in [0.1, 0.15) is 0 Å². The van der Waals surface area contributed by atoms with Crippen LogP contribution in [0.4, 0.5) is 0 Å². The third-order valence-corrected chi connectivity index (χ3v) is 3.10. The molecular weight excluding hydrogens is 224 g/mol. The summed E-state index contributed by atoms with van der Waals surface area (Å²) < 4.78 is 0. The molecule has 0 aliphatic carbocycles. The number of H-pyrrole nitrogens is 1. The van der Waals surface area contributed by atoms with E-state index in [9.17, 15) is 4.79 Å². The van der Waals surface area contributed by atoms with Crippen LogP contribution in [0, 0.1) is 6.92 Å². The number of fused-ring (bicyclic) bond motifs is 1. The number of rotatable bonds is 1. The standard InChI is InChI=1S/C15H12N2O/c1-10-6-2-3-7-11(10)14-12-8-4-5-9-13(12)15(18)17-16-14/h2-9H,1H3,(H,17,18). The fraction of sp³-hybridized carbons (Fsp3) is 0.0667. The maximum absolute atomic E-state index is 11.7. The van der Waals surface area contributed by atoms with Crippen LogP contribution >= 0.6 is 0 Å². The van der Waals surface area contributed by atoms with Crippen LogP contribution in [0.5, 0.6) is 0 Å². The SMILES string of the molecule is Cc1ccccc1-c1n[nH]c(=O)c2ccccc12. The van der Waals surface area contributed by atoms with Crippen LogP contribution in [0.15, 0.2) is 53.3 Å². The predicted molar refractivity (Wildman–Crippen MR) is 72.5 cm³/mol. The lowest BCUT2D eigenvalue weighted by molar-refractivity contribution is 1.02. The largest absolute Gasteiger partial charge is 0.272 e. The first-order valence-electron chi connectivity index (χ1n) is 5.81. The highest BCUT2D eigenvalue weighted by molar-refractivity contribution is 5.94. The third-order valence-electron chi connectivity index (χ3n) is 3.10. The summed E-state index contributed by atoms with van der Waals surface area (Å²) in [5.74, 6) is 0. The monoisotopic (exact) mass is 236 g/mol. The zero-order valence-corrected chi connectivity index (χ0v) is 9.97. The van der Waals surface area contributed by atoms with Crippen molar-refractivity contribution in [2.75, 3.05) is 0 Å². The molecule has 88 valence electrons. The number of aromatic amines is 1. The first-order chi connectivity index (χ1) is 8.77. The fourth-order valence-electron chi connectivity index (χ4n) is 2.16. The first kappa shape index (κ1) is 10.7. The quantitative estimate of drug-likeness (QED) is 0.706. The van der Waals surface area contributed by atoms with Crippen molar-refractivity contribution in [3.8, 4) is 11.3 Å². The van der Waals surface area contributed by atoms with Crippen molar-refractivity contribution in [3.63, 3.8) is 0 Å². The number of nitrogens with one attached hydrogen (secondary N) is 1. The molecular formula is C15H12N2O. The smallest absolute Gasteiger partial charge is 0.267 e. The van der Waals surface area contributed by atoms with Crippen LogP contribution < -0.4 is 5.56 Å². The molecule has 0 aliphatic rings. The summed E-state index contributed by atoms with van der Waals surface area (Å²) in [5, 5.41) is 8.32. The molecule has 0 saturated heterocycles. The number of aromatic nitrogens is 2. The molecule has 1 aromatic heterocycles. The highest BCUT2D eigenvalue weighted by Gasteiger charge is 2.09. The van der Waals surface area contributed by atoms with Crippen molar-refractivity contribution in [3.05, 3.63) is 64.4 Å². The second-order valence-corrected chi connectivity index (χ2v) is 4.26. The second kappa shape index (κ2) is 4.11. The molecule has 3 nitrogen and oxygen atoms in total. The number of aryl methyl sites for hydroxylation is 1. The van der Waals surface area contributed by atoms with Gasteiger partial charge in [-0.15, -0.1) is 0 Å². The summed E-state index contributed by atoms with van der Waals surface area (Å²) >= 11 is 0. The van der Waals surface area contributed by atoms with Gasteiger partial charge in [-0.1, -0.05) is 42.5 Å². The van der Waals surface area contributed by atoms with Crippen LogP contribution in [-0.4, -0.2) is 10.2 Å². The number of benzene rings is 2. The molecule has 0 saturated carbocycles. The Morgan fingerprint density at radius 3 is 2.39 bits per heavy atom. The Balaban J connectivity index is 2.41. The molecule has 3 heteroatoms. The summed E-state index contributed by atoms with van der Waals surface area (Å²) in [6.07, 6.45) is 0. The van der Waals surface area contributed by atoms with Gasteiger partial charge in [0.2, 0.25) is 0 Å². The van der Waals surface area contributed by atoms with Crippen LogP contribution in [0.2, 0.25) is 0 Å². The van der Waals surface area contributed by atoms with E-state index in [1.165, 1.54) is 0 Å². The van der Waals surface area contributed by atoms with Crippen LogP contribution in [0.25, 0.3) is 22.0 Å². The minimum absolute atomic E-state index is 0.150. The molecule has 1 N–H and O–H groups in total. The Kier molecular flexibility index (Phi) is 2.45. The van der Waals surface area contributed by atoms with Gasteiger partial charge < -0.3 is 0 Å². The first-order valence-corrected chi connectivity index (χ1v) is 5.81. The Morgan fingerprint density at radius 2 is 1.61 bits per heavy atom. The molecule has 2 aromatic carbocycles. The van der Waals surface area contributed by atoms with E-state index in [0.29, 0.717) is 5.39 Å². The summed E-state index contributed by atoms with van der Waals surface area (Å²) in [6.45, 7) is 2.04. The van der Waals surface area contributed by atoms with Crippen molar-refractivity contribution < 1.29 is 0 Å². The minimum Gasteiger partial charge on any atom is -0.267 e. The molecule has 0 spiro atoms. The summed E-state index contributed by atoms with van der Waals surface area (Å²) in [5.41, 5.74) is 2.86. The lowest BCUT2D eigenvalue weighted by Gasteiger charge is -2.07. The average molecular weight is 236 g/mol. The summed E-state index contributed by atoms with van der Waals surface area (Å²) in [7, 11) is 0. The molecule has 3 rings (SSSR count). The minimum atomic E-state index is -0.150. The van der Waals surface area contributed by atoms with Gasteiger partial charge in [0.25, 0.3) is 5.56 Å². The Bertz CT molecular complexity index is 775. The van der Waals surface area contributed by atoms with Gasteiger partial charge in [-0.25, -0.2) is 5.10 Å². The molecule has 0 atom stereocenters. The molecule has 3 aromatic rings. The van der Waals surface area contributed by atoms with Gasteiger partial charge in [0, 0.05) is 10.9 Å². The van der Waals surface area contributed by atoms with Crippen LogP contribution in [0.1, 0.15) is 5.56 Å². The number of hydrogen-bond acceptors (Lipinski definition) is 2. The van der Waals surface area contributed by atoms with E-state index in [-0.39, 0.29) is 5.56 Å².